The summed E-state index contributed by atoms with van der Waals surface area (Å²) in [6.07, 6.45) is 4.77. The number of carbonyl (C=O) groups is 2. The minimum atomic E-state index is -0.0984. The van der Waals surface area contributed by atoms with Gasteiger partial charge >= 0.3 is 0 Å². The Bertz CT molecular complexity index is 540. The van der Waals surface area contributed by atoms with E-state index in [1.807, 2.05) is 41.6 Å². The van der Waals surface area contributed by atoms with Crippen molar-refractivity contribution in [2.75, 3.05) is 40.3 Å². The number of nitrogens with one attached hydrogen (secondary N) is 1. The van der Waals surface area contributed by atoms with E-state index in [0.29, 0.717) is 39.0 Å². The lowest BCUT2D eigenvalue weighted by atomic mass is 9.96. The molecule has 1 aromatic rings. The zero-order valence-electron chi connectivity index (χ0n) is 14.3. The zero-order chi connectivity index (χ0) is 16.8. The lowest BCUT2D eigenvalue weighted by molar-refractivity contribution is -0.138. The van der Waals surface area contributed by atoms with Gasteiger partial charge in [0.15, 0.2) is 0 Å². The van der Waals surface area contributed by atoms with Gasteiger partial charge in [-0.2, -0.15) is 0 Å². The van der Waals surface area contributed by atoms with Crippen molar-refractivity contribution in [2.45, 2.75) is 26.3 Å². The largest absolute Gasteiger partial charge is 0.354 e. The molecular formula is C16H27N5O2. The molecule has 1 aromatic heterocycles. The summed E-state index contributed by atoms with van der Waals surface area (Å²) in [6.45, 7) is 5.27. The molecule has 128 valence electrons. The smallest absolute Gasteiger partial charge is 0.224 e. The molecule has 7 heteroatoms. The summed E-state index contributed by atoms with van der Waals surface area (Å²) in [5, 5.41) is 2.98. The normalized spacial score (nSPS) is 18.5. The molecule has 0 spiro atoms. The molecule has 0 unspecified atom stereocenters. The molecule has 1 aliphatic heterocycles. The van der Waals surface area contributed by atoms with Crippen molar-refractivity contribution in [3.8, 4) is 0 Å². The highest BCUT2D eigenvalue weighted by atomic mass is 16.2. The second-order valence-corrected chi connectivity index (χ2v) is 6.34. The Labute approximate surface area is 137 Å². The lowest BCUT2D eigenvalue weighted by Gasteiger charge is -2.32. The predicted molar refractivity (Wildman–Crippen MR) is 87.8 cm³/mol. The predicted octanol–water partition coefficient (Wildman–Crippen LogP) is 0.108. The number of hydrogen-bond acceptors (Lipinski definition) is 4. The van der Waals surface area contributed by atoms with Crippen molar-refractivity contribution in [3.63, 3.8) is 0 Å². The van der Waals surface area contributed by atoms with Crippen LogP contribution in [0.3, 0.4) is 0 Å². The Morgan fingerprint density at radius 1 is 1.43 bits per heavy atom. The summed E-state index contributed by atoms with van der Waals surface area (Å²) >= 11 is 0. The molecule has 1 atom stereocenters. The molecule has 2 heterocycles. The second-order valence-electron chi connectivity index (χ2n) is 6.34. The topological polar surface area (TPSA) is 70.5 Å². The van der Waals surface area contributed by atoms with E-state index in [2.05, 4.69) is 10.3 Å². The molecule has 1 fully saturated rings. The Hall–Kier alpha value is -1.89. The number of nitrogens with zero attached hydrogens (tertiary/aromatic N) is 4. The van der Waals surface area contributed by atoms with Gasteiger partial charge in [-0.15, -0.1) is 0 Å². The van der Waals surface area contributed by atoms with Gasteiger partial charge in [0.1, 0.15) is 5.82 Å². The van der Waals surface area contributed by atoms with E-state index in [0.717, 1.165) is 12.4 Å². The van der Waals surface area contributed by atoms with Crippen LogP contribution >= 0.6 is 0 Å². The minimum absolute atomic E-state index is 0.0464. The number of piperidine rings is 1. The molecule has 0 saturated carbocycles. The van der Waals surface area contributed by atoms with Crippen molar-refractivity contribution in [1.82, 2.24) is 24.7 Å². The van der Waals surface area contributed by atoms with Crippen molar-refractivity contribution >= 4 is 11.8 Å². The van der Waals surface area contributed by atoms with Crippen LogP contribution in [0.2, 0.25) is 0 Å². The number of rotatable bonds is 7. The van der Waals surface area contributed by atoms with Gasteiger partial charge in [0.25, 0.3) is 0 Å². The SMILES string of the molecule is Cc1nccn1CCNC(=O)[C@H]1CCC(=O)N(CCN(C)C)C1. The fraction of sp³-hybridized carbons (Fsp3) is 0.688. The summed E-state index contributed by atoms with van der Waals surface area (Å²) in [6, 6.07) is 0. The van der Waals surface area contributed by atoms with E-state index in [-0.39, 0.29) is 17.7 Å². The third kappa shape index (κ3) is 5.06. The van der Waals surface area contributed by atoms with Crippen LogP contribution < -0.4 is 5.32 Å². The van der Waals surface area contributed by atoms with Gasteiger partial charge in [-0.05, 0) is 27.4 Å². The summed E-state index contributed by atoms with van der Waals surface area (Å²) in [5.74, 6) is 1.05. The van der Waals surface area contributed by atoms with E-state index < -0.39 is 0 Å². The molecule has 0 aliphatic carbocycles. The first kappa shape index (κ1) is 17.5. The van der Waals surface area contributed by atoms with Gasteiger partial charge in [-0.25, -0.2) is 4.98 Å². The van der Waals surface area contributed by atoms with Gasteiger partial charge in [0.05, 0.1) is 5.92 Å². The number of aromatic nitrogens is 2. The van der Waals surface area contributed by atoms with Crippen LogP contribution in [0.5, 0.6) is 0 Å². The Balaban J connectivity index is 1.77. The van der Waals surface area contributed by atoms with Gasteiger partial charge in [0, 0.05) is 51.5 Å². The number of aryl methyl sites for hydroxylation is 1. The first-order chi connectivity index (χ1) is 11.0. The van der Waals surface area contributed by atoms with E-state index in [1.54, 1.807) is 6.20 Å². The quantitative estimate of drug-likeness (QED) is 0.774. The minimum Gasteiger partial charge on any atom is -0.354 e. The van der Waals surface area contributed by atoms with E-state index >= 15 is 0 Å². The zero-order valence-corrected chi connectivity index (χ0v) is 14.3. The molecule has 0 aromatic carbocycles. The van der Waals surface area contributed by atoms with Crippen LogP contribution in [0.4, 0.5) is 0 Å². The number of carbonyl (C=O) groups excluding carboxylic acids is 2. The average Bonchev–Trinajstić information content (AvgIpc) is 2.91. The Morgan fingerprint density at radius 3 is 2.87 bits per heavy atom. The maximum absolute atomic E-state index is 12.3. The van der Waals surface area contributed by atoms with Crippen molar-refractivity contribution < 1.29 is 9.59 Å². The van der Waals surface area contributed by atoms with Crippen LogP contribution in [-0.2, 0) is 16.1 Å². The van der Waals surface area contributed by atoms with Crippen LogP contribution in [0, 0.1) is 12.8 Å². The maximum Gasteiger partial charge on any atom is 0.224 e. The third-order valence-corrected chi connectivity index (χ3v) is 4.26. The van der Waals surface area contributed by atoms with Crippen LogP contribution in [0.25, 0.3) is 0 Å². The number of likely N-dealkylation sites (N-methyl/N-ethyl adjacent to an activating group) is 1. The molecule has 23 heavy (non-hydrogen) atoms. The van der Waals surface area contributed by atoms with Crippen LogP contribution in [0.15, 0.2) is 12.4 Å². The first-order valence-electron chi connectivity index (χ1n) is 8.15. The summed E-state index contributed by atoms with van der Waals surface area (Å²) in [4.78, 5) is 32.3. The standard InChI is InChI=1S/C16H27N5O2/c1-13-17-6-8-20(13)9-7-18-16(23)14-4-5-15(22)21(12-14)11-10-19(2)3/h6,8,14H,4-5,7,9-12H2,1-3H3,(H,18,23)/t14-/m0/s1. The second kappa shape index (κ2) is 8.10. The fourth-order valence-corrected chi connectivity index (χ4v) is 2.75. The van der Waals surface area contributed by atoms with Gasteiger partial charge in [-0.1, -0.05) is 0 Å². The molecule has 1 saturated heterocycles. The lowest BCUT2D eigenvalue weighted by Crippen LogP contribution is -2.47. The Morgan fingerprint density at radius 2 is 2.22 bits per heavy atom. The highest BCUT2D eigenvalue weighted by Crippen LogP contribution is 2.17. The number of hydrogen-bond donors (Lipinski definition) is 1. The summed E-state index contributed by atoms with van der Waals surface area (Å²) < 4.78 is 2.01. The highest BCUT2D eigenvalue weighted by molar-refractivity contribution is 5.83. The maximum atomic E-state index is 12.3. The monoisotopic (exact) mass is 321 g/mol. The highest BCUT2D eigenvalue weighted by Gasteiger charge is 2.29. The summed E-state index contributed by atoms with van der Waals surface area (Å²) in [5.41, 5.74) is 0. The van der Waals surface area contributed by atoms with Crippen LogP contribution in [0.1, 0.15) is 18.7 Å². The van der Waals surface area contributed by atoms with E-state index in [9.17, 15) is 9.59 Å². The van der Waals surface area contributed by atoms with Gasteiger partial charge in [-0.3, -0.25) is 9.59 Å². The molecular weight excluding hydrogens is 294 g/mol. The molecule has 0 bridgehead atoms. The average molecular weight is 321 g/mol. The van der Waals surface area contributed by atoms with Gasteiger partial charge in [0.2, 0.25) is 11.8 Å². The van der Waals surface area contributed by atoms with Crippen molar-refractivity contribution in [1.29, 1.82) is 0 Å². The molecule has 2 amide bonds. The molecule has 2 rings (SSSR count). The van der Waals surface area contributed by atoms with Crippen LogP contribution in [-0.4, -0.2) is 71.4 Å². The molecule has 1 aliphatic rings. The summed E-state index contributed by atoms with van der Waals surface area (Å²) in [7, 11) is 3.97. The fourth-order valence-electron chi connectivity index (χ4n) is 2.75. The first-order valence-corrected chi connectivity index (χ1v) is 8.15. The number of likely N-dealkylation sites (tertiary alicyclic amines) is 1. The van der Waals surface area contributed by atoms with Crippen molar-refractivity contribution in [2.24, 2.45) is 5.92 Å². The van der Waals surface area contributed by atoms with E-state index in [4.69, 9.17) is 0 Å². The number of imidazole rings is 1. The Kier molecular flexibility index (Phi) is 6.15. The third-order valence-electron chi connectivity index (χ3n) is 4.26. The van der Waals surface area contributed by atoms with Crippen molar-refractivity contribution in [3.05, 3.63) is 18.2 Å². The van der Waals surface area contributed by atoms with E-state index in [1.165, 1.54) is 0 Å². The van der Waals surface area contributed by atoms with Gasteiger partial charge < -0.3 is 19.7 Å². The number of amides is 2. The molecule has 1 N–H and O–H groups in total. The molecule has 0 radical (unpaired) electrons. The molecule has 7 nitrogen and oxygen atoms in total.